The molecule has 1 aromatic rings. The number of aromatic nitrogens is 1. The fraction of sp³-hybridized carbons (Fsp3) is 0.684. The van der Waals surface area contributed by atoms with Crippen molar-refractivity contribution in [1.82, 2.24) is 15.6 Å². The van der Waals surface area contributed by atoms with Crippen molar-refractivity contribution in [3.05, 3.63) is 17.4 Å². The lowest BCUT2D eigenvalue weighted by Crippen LogP contribution is -2.40. The fourth-order valence-electron chi connectivity index (χ4n) is 3.76. The van der Waals surface area contributed by atoms with Gasteiger partial charge in [-0.2, -0.15) is 18.2 Å². The van der Waals surface area contributed by atoms with Gasteiger partial charge in [0.05, 0.1) is 19.1 Å². The zero-order chi connectivity index (χ0) is 21.0. The number of carbonyl (C=O) groups is 1. The monoisotopic (exact) mass is 419 g/mol. The molecule has 3 rings (SSSR count). The summed E-state index contributed by atoms with van der Waals surface area (Å²) in [5, 5.41) is 5.80. The van der Waals surface area contributed by atoms with Crippen LogP contribution in [-0.4, -0.2) is 42.9 Å². The van der Waals surface area contributed by atoms with Crippen LogP contribution in [0.5, 0.6) is 11.8 Å². The van der Waals surface area contributed by atoms with E-state index in [-0.39, 0.29) is 55.9 Å². The molecule has 1 amide bonds. The van der Waals surface area contributed by atoms with Gasteiger partial charge in [0.2, 0.25) is 11.8 Å². The number of rotatable bonds is 6. The predicted molar refractivity (Wildman–Crippen MR) is 96.0 cm³/mol. The van der Waals surface area contributed by atoms with E-state index < -0.39 is 24.0 Å². The van der Waals surface area contributed by atoms with Crippen molar-refractivity contribution >= 4 is 5.91 Å². The number of amides is 1. The van der Waals surface area contributed by atoms with Gasteiger partial charge in [-0.1, -0.05) is 0 Å². The van der Waals surface area contributed by atoms with E-state index >= 15 is 0 Å². The first-order valence-corrected chi connectivity index (χ1v) is 9.75. The number of nitrogens with zero attached hydrogens (tertiary/aromatic N) is 1. The van der Waals surface area contributed by atoms with E-state index in [1.165, 1.54) is 13.2 Å². The number of carbonyl (C=O) groups excluding carboxylic acids is 1. The van der Waals surface area contributed by atoms with E-state index in [0.29, 0.717) is 5.56 Å². The van der Waals surface area contributed by atoms with Crippen molar-refractivity contribution in [3.8, 4) is 11.8 Å². The highest BCUT2D eigenvalue weighted by Crippen LogP contribution is 2.38. The summed E-state index contributed by atoms with van der Waals surface area (Å²) in [6, 6.07) is 0.915. The lowest BCUT2D eigenvalue weighted by molar-refractivity contribution is -0.185. The van der Waals surface area contributed by atoms with Gasteiger partial charge in [0, 0.05) is 12.1 Å². The Morgan fingerprint density at radius 1 is 1.24 bits per heavy atom. The minimum Gasteiger partial charge on any atom is -0.481 e. The summed E-state index contributed by atoms with van der Waals surface area (Å²) in [5.74, 6) is -2.45. The van der Waals surface area contributed by atoms with Crippen LogP contribution in [-0.2, 0) is 11.3 Å². The molecule has 1 aromatic heterocycles. The fourth-order valence-corrected chi connectivity index (χ4v) is 3.76. The molecule has 1 saturated carbocycles. The van der Waals surface area contributed by atoms with Gasteiger partial charge in [-0.25, -0.2) is 4.39 Å². The van der Waals surface area contributed by atoms with E-state index in [4.69, 9.17) is 9.47 Å². The Morgan fingerprint density at radius 2 is 1.97 bits per heavy atom. The second-order valence-electron chi connectivity index (χ2n) is 7.44. The number of ether oxygens (including phenoxy) is 2. The molecular weight excluding hydrogens is 394 g/mol. The molecule has 0 radical (unpaired) electrons. The van der Waals surface area contributed by atoms with Crippen molar-refractivity contribution in [2.75, 3.05) is 13.7 Å². The van der Waals surface area contributed by atoms with Crippen LogP contribution >= 0.6 is 0 Å². The molecular formula is C19H25F4N3O3. The van der Waals surface area contributed by atoms with Crippen molar-refractivity contribution in [2.45, 2.75) is 63.4 Å². The average molecular weight is 419 g/mol. The maximum Gasteiger partial charge on any atom is 0.391 e. The summed E-state index contributed by atoms with van der Waals surface area (Å²) < 4.78 is 63.5. The predicted octanol–water partition coefficient (Wildman–Crippen LogP) is 3.10. The Balaban J connectivity index is 1.60. The average Bonchev–Trinajstić information content (AvgIpc) is 3.22. The number of pyridine rings is 1. The summed E-state index contributed by atoms with van der Waals surface area (Å²) in [6.45, 7) is 0.829. The zero-order valence-corrected chi connectivity index (χ0v) is 16.2. The highest BCUT2D eigenvalue weighted by molar-refractivity contribution is 5.82. The molecule has 2 aliphatic rings. The maximum atomic E-state index is 14.5. The Kier molecular flexibility index (Phi) is 6.81. The number of methoxy groups -OCH3 is 1. The first kappa shape index (κ1) is 21.6. The third kappa shape index (κ3) is 5.49. The number of alkyl halides is 3. The molecule has 2 N–H and O–H groups in total. The van der Waals surface area contributed by atoms with Gasteiger partial charge in [-0.3, -0.25) is 4.79 Å². The quantitative estimate of drug-likeness (QED) is 0.694. The van der Waals surface area contributed by atoms with Gasteiger partial charge in [0.15, 0.2) is 5.82 Å². The molecule has 10 heteroatoms. The number of hydrogen-bond acceptors (Lipinski definition) is 5. The molecule has 162 valence electrons. The minimum absolute atomic E-state index is 0.0427. The molecule has 1 saturated heterocycles. The number of nitrogens with one attached hydrogen (secondary N) is 2. The van der Waals surface area contributed by atoms with Crippen LogP contribution in [0.3, 0.4) is 0 Å². The second-order valence-corrected chi connectivity index (χ2v) is 7.44. The van der Waals surface area contributed by atoms with Crippen LogP contribution in [0.2, 0.25) is 0 Å². The van der Waals surface area contributed by atoms with Crippen molar-refractivity contribution in [1.29, 1.82) is 0 Å². The van der Waals surface area contributed by atoms with Crippen LogP contribution in [0.1, 0.15) is 44.1 Å². The smallest absolute Gasteiger partial charge is 0.391 e. The lowest BCUT2D eigenvalue weighted by atomic mass is 9.87. The van der Waals surface area contributed by atoms with Gasteiger partial charge in [0.1, 0.15) is 6.10 Å². The van der Waals surface area contributed by atoms with Crippen molar-refractivity contribution in [2.24, 2.45) is 5.92 Å². The third-order valence-corrected chi connectivity index (χ3v) is 5.42. The number of hydrogen-bond donors (Lipinski definition) is 2. The largest absolute Gasteiger partial charge is 0.481 e. The van der Waals surface area contributed by atoms with E-state index in [2.05, 4.69) is 15.6 Å². The summed E-state index contributed by atoms with van der Waals surface area (Å²) in [7, 11) is 1.36. The van der Waals surface area contributed by atoms with Crippen LogP contribution in [0.15, 0.2) is 6.07 Å². The Bertz CT molecular complexity index is 715. The molecule has 6 nitrogen and oxygen atoms in total. The summed E-state index contributed by atoms with van der Waals surface area (Å²) in [4.78, 5) is 16.1. The van der Waals surface area contributed by atoms with Gasteiger partial charge < -0.3 is 20.1 Å². The molecule has 0 aromatic carbocycles. The number of halogens is 4. The van der Waals surface area contributed by atoms with Crippen molar-refractivity contribution < 1.29 is 31.8 Å². The zero-order valence-electron chi connectivity index (χ0n) is 16.2. The van der Waals surface area contributed by atoms with Crippen LogP contribution in [0, 0.1) is 11.7 Å². The van der Waals surface area contributed by atoms with Crippen LogP contribution < -0.4 is 20.1 Å². The van der Waals surface area contributed by atoms with E-state index in [1.807, 2.05) is 0 Å². The topological polar surface area (TPSA) is 72.5 Å². The minimum atomic E-state index is -4.21. The van der Waals surface area contributed by atoms with E-state index in [1.54, 1.807) is 0 Å². The molecule has 0 spiro atoms. The van der Waals surface area contributed by atoms with E-state index in [9.17, 15) is 22.4 Å². The molecule has 0 unspecified atom stereocenters. The molecule has 1 atom stereocenters. The van der Waals surface area contributed by atoms with Crippen molar-refractivity contribution in [3.63, 3.8) is 0 Å². The van der Waals surface area contributed by atoms with E-state index in [0.717, 1.165) is 19.4 Å². The highest BCUT2D eigenvalue weighted by Gasteiger charge is 2.42. The Morgan fingerprint density at radius 3 is 2.55 bits per heavy atom. The highest BCUT2D eigenvalue weighted by atomic mass is 19.4. The molecule has 0 bridgehead atoms. The summed E-state index contributed by atoms with van der Waals surface area (Å²) in [6.07, 6.45) is -2.80. The summed E-state index contributed by atoms with van der Waals surface area (Å²) in [5.41, 5.74) is 0.351. The van der Waals surface area contributed by atoms with Gasteiger partial charge in [0.25, 0.3) is 5.88 Å². The molecule has 2 heterocycles. The second kappa shape index (κ2) is 9.15. The Hall–Kier alpha value is -2.10. The first-order chi connectivity index (χ1) is 13.8. The van der Waals surface area contributed by atoms with Crippen LogP contribution in [0.25, 0.3) is 0 Å². The lowest BCUT2D eigenvalue weighted by Gasteiger charge is -2.30. The summed E-state index contributed by atoms with van der Waals surface area (Å²) >= 11 is 0. The SMILES string of the molecule is COc1nc(O[C@H]2CC[C@@H](C(F)(F)F)CC2)c(F)cc1CNC(=O)[C@@H]1CCCN1. The molecule has 2 fully saturated rings. The molecule has 1 aliphatic carbocycles. The third-order valence-electron chi connectivity index (χ3n) is 5.42. The van der Waals surface area contributed by atoms with Crippen LogP contribution in [0.4, 0.5) is 17.6 Å². The van der Waals surface area contributed by atoms with Gasteiger partial charge in [-0.05, 0) is 51.1 Å². The first-order valence-electron chi connectivity index (χ1n) is 9.75. The standard InChI is InChI=1S/C19H25F4N3O3/c1-28-17-11(10-25-16(27)15-3-2-8-24-15)9-14(20)18(26-17)29-13-6-4-12(5-7-13)19(21,22)23/h9,12-13,15,24H,2-8,10H2,1H3,(H,25,27)/t12-,13+,15-/m0/s1. The Labute approximate surface area is 166 Å². The van der Waals surface area contributed by atoms with Gasteiger partial charge in [-0.15, -0.1) is 0 Å². The maximum absolute atomic E-state index is 14.5. The van der Waals surface area contributed by atoms with Gasteiger partial charge >= 0.3 is 6.18 Å². The molecule has 29 heavy (non-hydrogen) atoms. The molecule has 1 aliphatic heterocycles. The normalized spacial score (nSPS) is 24.9.